The van der Waals surface area contributed by atoms with Crippen molar-refractivity contribution in [3.63, 3.8) is 0 Å². The minimum atomic E-state index is -0.203. The van der Waals surface area contributed by atoms with Crippen LogP contribution in [0.3, 0.4) is 0 Å². The van der Waals surface area contributed by atoms with Crippen LogP contribution in [0, 0.1) is 0 Å². The summed E-state index contributed by atoms with van der Waals surface area (Å²) in [6.45, 7) is 1.89. The highest BCUT2D eigenvalue weighted by Crippen LogP contribution is 2.11. The van der Waals surface area contributed by atoms with Crippen LogP contribution in [-0.4, -0.2) is 40.5 Å². The summed E-state index contributed by atoms with van der Waals surface area (Å²) in [5, 5.41) is 11.2. The van der Waals surface area contributed by atoms with Crippen LogP contribution in [0.25, 0.3) is 0 Å². The van der Waals surface area contributed by atoms with Gasteiger partial charge in [-0.15, -0.1) is 11.3 Å². The average Bonchev–Trinajstić information content (AvgIpc) is 3.10. The number of amides is 2. The summed E-state index contributed by atoms with van der Waals surface area (Å²) in [6.07, 6.45) is 3.39. The lowest BCUT2D eigenvalue weighted by Gasteiger charge is -2.18. The highest BCUT2D eigenvalue weighted by atomic mass is 32.1. The summed E-state index contributed by atoms with van der Waals surface area (Å²) >= 11 is 1.36. The zero-order valence-corrected chi connectivity index (χ0v) is 12.1. The summed E-state index contributed by atoms with van der Waals surface area (Å²) in [4.78, 5) is 25.9. The molecule has 2 N–H and O–H groups in total. The number of carbonyl (C=O) groups excluding carboxylic acids is 2. The smallest absolute Gasteiger partial charge is 0.264 e. The van der Waals surface area contributed by atoms with Crippen molar-refractivity contribution >= 4 is 23.2 Å². The van der Waals surface area contributed by atoms with E-state index >= 15 is 0 Å². The Kier molecular flexibility index (Phi) is 4.52. The molecule has 20 heavy (non-hydrogen) atoms. The van der Waals surface area contributed by atoms with Gasteiger partial charge in [-0.2, -0.15) is 5.10 Å². The van der Waals surface area contributed by atoms with E-state index in [2.05, 4.69) is 15.5 Å². The van der Waals surface area contributed by atoms with E-state index in [4.69, 9.17) is 0 Å². The van der Waals surface area contributed by atoms with Crippen molar-refractivity contribution in [1.82, 2.24) is 20.4 Å². The van der Waals surface area contributed by atoms with Gasteiger partial charge in [-0.1, -0.05) is 6.07 Å². The minimum Gasteiger partial charge on any atom is -0.348 e. The molecule has 0 aliphatic rings. The lowest BCUT2D eigenvalue weighted by Crippen LogP contribution is -2.39. The molecule has 2 aromatic heterocycles. The Morgan fingerprint density at radius 1 is 1.55 bits per heavy atom. The first-order chi connectivity index (χ1) is 9.58. The molecule has 0 aliphatic heterocycles. The van der Waals surface area contributed by atoms with Crippen molar-refractivity contribution in [2.75, 3.05) is 13.6 Å². The summed E-state index contributed by atoms with van der Waals surface area (Å²) in [7, 11) is 1.62. The van der Waals surface area contributed by atoms with Gasteiger partial charge < -0.3 is 10.2 Å². The number of aromatic amines is 1. The Hall–Kier alpha value is -2.15. The molecule has 2 amide bonds. The van der Waals surface area contributed by atoms with Crippen LogP contribution in [0.2, 0.25) is 0 Å². The van der Waals surface area contributed by atoms with E-state index in [1.165, 1.54) is 16.2 Å². The van der Waals surface area contributed by atoms with Crippen molar-refractivity contribution in [3.8, 4) is 0 Å². The van der Waals surface area contributed by atoms with Crippen LogP contribution in [0.4, 0.5) is 0 Å². The molecule has 0 aliphatic carbocycles. The Morgan fingerprint density at radius 3 is 2.95 bits per heavy atom. The van der Waals surface area contributed by atoms with Crippen molar-refractivity contribution in [2.24, 2.45) is 0 Å². The van der Waals surface area contributed by atoms with Gasteiger partial charge in [0.15, 0.2) is 0 Å². The monoisotopic (exact) mass is 292 g/mol. The van der Waals surface area contributed by atoms with Gasteiger partial charge in [-0.05, 0) is 18.4 Å². The Morgan fingerprint density at radius 2 is 2.35 bits per heavy atom. The largest absolute Gasteiger partial charge is 0.348 e. The molecule has 0 saturated heterocycles. The normalized spacial score (nSPS) is 11.9. The lowest BCUT2D eigenvalue weighted by molar-refractivity contribution is -0.122. The van der Waals surface area contributed by atoms with E-state index in [-0.39, 0.29) is 24.4 Å². The molecule has 2 rings (SSSR count). The number of aromatic nitrogens is 2. The number of thiophene rings is 1. The van der Waals surface area contributed by atoms with Crippen molar-refractivity contribution in [1.29, 1.82) is 0 Å². The molecule has 2 heterocycles. The highest BCUT2D eigenvalue weighted by Gasteiger charge is 2.17. The van der Waals surface area contributed by atoms with Gasteiger partial charge in [0, 0.05) is 18.8 Å². The molecular formula is C13H16N4O2S. The second kappa shape index (κ2) is 6.33. The summed E-state index contributed by atoms with van der Waals surface area (Å²) in [5.74, 6) is -0.350. The molecule has 0 fully saturated rings. The second-order valence-corrected chi connectivity index (χ2v) is 5.41. The van der Waals surface area contributed by atoms with E-state index in [0.717, 1.165) is 5.56 Å². The molecule has 0 radical (unpaired) electrons. The first-order valence-electron chi connectivity index (χ1n) is 6.15. The highest BCUT2D eigenvalue weighted by molar-refractivity contribution is 7.12. The fourth-order valence-electron chi connectivity index (χ4n) is 1.74. The van der Waals surface area contributed by atoms with Gasteiger partial charge in [0.25, 0.3) is 5.91 Å². The first-order valence-corrected chi connectivity index (χ1v) is 7.03. The van der Waals surface area contributed by atoms with Crippen molar-refractivity contribution in [2.45, 2.75) is 13.0 Å². The molecule has 0 saturated carbocycles. The van der Waals surface area contributed by atoms with Crippen LogP contribution >= 0.6 is 11.3 Å². The van der Waals surface area contributed by atoms with E-state index in [0.29, 0.717) is 4.88 Å². The molecule has 6 nitrogen and oxygen atoms in total. The van der Waals surface area contributed by atoms with E-state index in [1.54, 1.807) is 25.5 Å². The number of hydrogen-bond acceptors (Lipinski definition) is 4. The first kappa shape index (κ1) is 14.3. The number of hydrogen-bond donors (Lipinski definition) is 2. The predicted octanol–water partition coefficient (Wildman–Crippen LogP) is 1.42. The zero-order valence-electron chi connectivity index (χ0n) is 11.3. The van der Waals surface area contributed by atoms with Crippen LogP contribution in [0.1, 0.15) is 28.2 Å². The van der Waals surface area contributed by atoms with Crippen LogP contribution in [0.5, 0.6) is 0 Å². The number of nitrogens with zero attached hydrogens (tertiary/aromatic N) is 2. The van der Waals surface area contributed by atoms with E-state index in [1.807, 2.05) is 18.4 Å². The third-order valence-corrected chi connectivity index (χ3v) is 3.71. The van der Waals surface area contributed by atoms with Crippen molar-refractivity contribution in [3.05, 3.63) is 40.3 Å². The van der Waals surface area contributed by atoms with Gasteiger partial charge in [-0.3, -0.25) is 14.7 Å². The maximum Gasteiger partial charge on any atom is 0.264 e. The van der Waals surface area contributed by atoms with Gasteiger partial charge in [0.05, 0.1) is 23.7 Å². The van der Waals surface area contributed by atoms with Crippen LogP contribution < -0.4 is 5.32 Å². The number of rotatable bonds is 5. The minimum absolute atomic E-state index is 0.0267. The zero-order chi connectivity index (χ0) is 14.5. The average molecular weight is 292 g/mol. The summed E-state index contributed by atoms with van der Waals surface area (Å²) in [5.41, 5.74) is 0.894. The lowest BCUT2D eigenvalue weighted by atomic mass is 10.2. The third-order valence-electron chi connectivity index (χ3n) is 2.86. The maximum atomic E-state index is 12.0. The fraction of sp³-hybridized carbons (Fsp3) is 0.308. The molecule has 0 spiro atoms. The van der Waals surface area contributed by atoms with Gasteiger partial charge in [0.2, 0.25) is 5.91 Å². The molecule has 106 valence electrons. The predicted molar refractivity (Wildman–Crippen MR) is 76.4 cm³/mol. The molecule has 0 aromatic carbocycles. The topological polar surface area (TPSA) is 78.1 Å². The standard InChI is InChI=1S/C13H16N4O2S/c1-9(10-6-14-15-7-10)16-12(18)8-17(2)13(19)11-4-3-5-20-11/h3-7,9H,8H2,1-2H3,(H,14,15)(H,16,18). The molecule has 0 bridgehead atoms. The summed E-state index contributed by atoms with van der Waals surface area (Å²) < 4.78 is 0. The summed E-state index contributed by atoms with van der Waals surface area (Å²) in [6, 6.07) is 3.41. The van der Waals surface area contributed by atoms with E-state index < -0.39 is 0 Å². The van der Waals surface area contributed by atoms with Gasteiger partial charge >= 0.3 is 0 Å². The Bertz CT molecular complexity index is 565. The Balaban J connectivity index is 1.86. The quantitative estimate of drug-likeness (QED) is 0.875. The third kappa shape index (κ3) is 3.45. The molecule has 1 unspecified atom stereocenters. The fourth-order valence-corrected chi connectivity index (χ4v) is 2.46. The van der Waals surface area contributed by atoms with Gasteiger partial charge in [0.1, 0.15) is 0 Å². The number of nitrogens with one attached hydrogen (secondary N) is 2. The SMILES string of the molecule is CC(NC(=O)CN(C)C(=O)c1cccs1)c1cn[nH]c1. The van der Waals surface area contributed by atoms with Gasteiger partial charge in [-0.25, -0.2) is 0 Å². The molecular weight excluding hydrogens is 276 g/mol. The van der Waals surface area contributed by atoms with Crippen molar-refractivity contribution < 1.29 is 9.59 Å². The number of H-pyrrole nitrogens is 1. The molecule has 2 aromatic rings. The number of carbonyl (C=O) groups is 2. The van der Waals surface area contributed by atoms with Crippen LogP contribution in [0.15, 0.2) is 29.9 Å². The Labute approximate surface area is 120 Å². The second-order valence-electron chi connectivity index (χ2n) is 4.46. The van der Waals surface area contributed by atoms with Crippen LogP contribution in [-0.2, 0) is 4.79 Å². The number of likely N-dealkylation sites (N-methyl/N-ethyl adjacent to an activating group) is 1. The van der Waals surface area contributed by atoms with E-state index in [9.17, 15) is 9.59 Å². The molecule has 1 atom stereocenters. The maximum absolute atomic E-state index is 12.0. The molecule has 7 heteroatoms.